The lowest BCUT2D eigenvalue weighted by Gasteiger charge is -2.21. The van der Waals surface area contributed by atoms with Gasteiger partial charge in [0.1, 0.15) is 0 Å². The van der Waals surface area contributed by atoms with Gasteiger partial charge in [-0.15, -0.1) is 10.2 Å². The van der Waals surface area contributed by atoms with E-state index in [0.29, 0.717) is 18.8 Å². The van der Waals surface area contributed by atoms with Gasteiger partial charge in [-0.3, -0.25) is 4.79 Å². The highest BCUT2D eigenvalue weighted by Crippen LogP contribution is 2.64. The lowest BCUT2D eigenvalue weighted by molar-refractivity contribution is -0.124. The van der Waals surface area contributed by atoms with Crippen molar-refractivity contribution in [3.8, 4) is 0 Å². The second-order valence-corrected chi connectivity index (χ2v) is 7.02. The molecule has 1 saturated carbocycles. The summed E-state index contributed by atoms with van der Waals surface area (Å²) in [6.45, 7) is 7.00. The van der Waals surface area contributed by atoms with Crippen LogP contribution in [0, 0.1) is 12.3 Å². The summed E-state index contributed by atoms with van der Waals surface area (Å²) in [4.78, 5) is 12.8. The summed E-state index contributed by atoms with van der Waals surface area (Å²) < 4.78 is 0. The highest BCUT2D eigenvalue weighted by molar-refractivity contribution is 5.93. The minimum atomic E-state index is -0.396. The molecule has 1 atom stereocenters. The number of nitrogens with zero attached hydrogens (tertiary/aromatic N) is 3. The Kier molecular flexibility index (Phi) is 3.92. The first-order chi connectivity index (χ1) is 11.0. The van der Waals surface area contributed by atoms with Gasteiger partial charge in [0.25, 0.3) is 0 Å². The molecule has 1 amide bonds. The molecular formula is C17H23N5O. The number of aromatic nitrogens is 4. The van der Waals surface area contributed by atoms with Crippen molar-refractivity contribution in [2.75, 3.05) is 6.54 Å². The standard InChI is InChI=1S/C17H23N5O/c1-12-6-8-13(9-7-12)17(11-16(17,2)3)15(23)18-10-4-5-14-19-21-22-20-14/h6-9H,4-5,10-11H2,1-3H3,(H,18,23)(H,19,20,21,22)/t17-/m1/s1. The summed E-state index contributed by atoms with van der Waals surface area (Å²) >= 11 is 0. The number of hydrogen-bond acceptors (Lipinski definition) is 4. The SMILES string of the molecule is Cc1ccc([C@@]2(C(=O)NCCCc3nn[nH]n3)CC2(C)C)cc1. The van der Waals surface area contributed by atoms with E-state index in [9.17, 15) is 4.79 Å². The topological polar surface area (TPSA) is 83.6 Å². The van der Waals surface area contributed by atoms with Crippen LogP contribution in [0.15, 0.2) is 24.3 Å². The number of aromatic amines is 1. The fourth-order valence-electron chi connectivity index (χ4n) is 3.36. The van der Waals surface area contributed by atoms with Crippen molar-refractivity contribution in [2.45, 2.75) is 45.4 Å². The van der Waals surface area contributed by atoms with E-state index in [-0.39, 0.29) is 11.3 Å². The Hall–Kier alpha value is -2.24. The van der Waals surface area contributed by atoms with Crippen LogP contribution in [0.4, 0.5) is 0 Å². The molecule has 1 aliphatic carbocycles. The van der Waals surface area contributed by atoms with Gasteiger partial charge in [0, 0.05) is 13.0 Å². The van der Waals surface area contributed by atoms with E-state index in [1.54, 1.807) is 0 Å². The zero-order valence-corrected chi connectivity index (χ0v) is 13.9. The molecule has 3 rings (SSSR count). The minimum Gasteiger partial charge on any atom is -0.355 e. The zero-order valence-electron chi connectivity index (χ0n) is 13.9. The van der Waals surface area contributed by atoms with Crippen LogP contribution < -0.4 is 5.32 Å². The molecule has 122 valence electrons. The number of rotatable bonds is 6. The third-order valence-corrected chi connectivity index (χ3v) is 4.92. The maximum atomic E-state index is 12.8. The summed E-state index contributed by atoms with van der Waals surface area (Å²) in [5.41, 5.74) is 1.93. The normalized spacial score (nSPS) is 21.9. The van der Waals surface area contributed by atoms with E-state index in [1.165, 1.54) is 5.56 Å². The van der Waals surface area contributed by atoms with Crippen molar-refractivity contribution >= 4 is 5.91 Å². The first kappa shape index (κ1) is 15.6. The summed E-state index contributed by atoms with van der Waals surface area (Å²) in [6.07, 6.45) is 2.40. The van der Waals surface area contributed by atoms with Crippen LogP contribution >= 0.6 is 0 Å². The minimum absolute atomic E-state index is 0.0000104. The van der Waals surface area contributed by atoms with Crippen LogP contribution in [0.5, 0.6) is 0 Å². The number of benzene rings is 1. The smallest absolute Gasteiger partial charge is 0.231 e. The molecule has 0 unspecified atom stereocenters. The zero-order chi connectivity index (χ0) is 16.5. The third-order valence-electron chi connectivity index (χ3n) is 4.92. The number of carbonyl (C=O) groups is 1. The van der Waals surface area contributed by atoms with E-state index < -0.39 is 5.41 Å². The average molecular weight is 313 g/mol. The van der Waals surface area contributed by atoms with Crippen LogP contribution in [-0.2, 0) is 16.6 Å². The van der Waals surface area contributed by atoms with Crippen molar-refractivity contribution in [2.24, 2.45) is 5.41 Å². The predicted octanol–water partition coefficient (Wildman–Crippen LogP) is 1.92. The van der Waals surface area contributed by atoms with Crippen molar-refractivity contribution in [3.63, 3.8) is 0 Å². The number of aryl methyl sites for hydroxylation is 2. The lowest BCUT2D eigenvalue weighted by atomic mass is 9.86. The fourth-order valence-corrected chi connectivity index (χ4v) is 3.36. The highest BCUT2D eigenvalue weighted by Gasteiger charge is 2.66. The van der Waals surface area contributed by atoms with Gasteiger partial charge in [0.05, 0.1) is 5.41 Å². The van der Waals surface area contributed by atoms with Gasteiger partial charge in [-0.1, -0.05) is 48.9 Å². The first-order valence-corrected chi connectivity index (χ1v) is 8.03. The van der Waals surface area contributed by atoms with Crippen molar-refractivity contribution in [1.82, 2.24) is 25.9 Å². The molecule has 0 saturated heterocycles. The van der Waals surface area contributed by atoms with Crippen molar-refractivity contribution in [1.29, 1.82) is 0 Å². The van der Waals surface area contributed by atoms with Gasteiger partial charge >= 0.3 is 0 Å². The largest absolute Gasteiger partial charge is 0.355 e. The Balaban J connectivity index is 1.62. The second kappa shape index (κ2) is 5.76. The molecule has 0 spiro atoms. The number of hydrogen-bond donors (Lipinski definition) is 2. The lowest BCUT2D eigenvalue weighted by Crippen LogP contribution is -2.38. The molecule has 0 bridgehead atoms. The summed E-state index contributed by atoms with van der Waals surface area (Å²) in [5.74, 6) is 0.804. The molecule has 0 radical (unpaired) electrons. The highest BCUT2D eigenvalue weighted by atomic mass is 16.2. The third kappa shape index (κ3) is 2.85. The van der Waals surface area contributed by atoms with Gasteiger partial charge < -0.3 is 5.32 Å². The van der Waals surface area contributed by atoms with Crippen LogP contribution in [0.2, 0.25) is 0 Å². The van der Waals surface area contributed by atoms with Crippen LogP contribution in [0.1, 0.15) is 43.6 Å². The molecule has 1 aliphatic rings. The van der Waals surface area contributed by atoms with E-state index in [4.69, 9.17) is 0 Å². The Bertz CT molecular complexity index is 678. The second-order valence-electron chi connectivity index (χ2n) is 7.02. The van der Waals surface area contributed by atoms with E-state index in [0.717, 1.165) is 18.4 Å². The number of carbonyl (C=O) groups excluding carboxylic acids is 1. The van der Waals surface area contributed by atoms with Gasteiger partial charge in [-0.2, -0.15) is 5.21 Å². The predicted molar refractivity (Wildman–Crippen MR) is 86.8 cm³/mol. The van der Waals surface area contributed by atoms with Gasteiger partial charge in [0.2, 0.25) is 5.91 Å². The van der Waals surface area contributed by atoms with Crippen LogP contribution in [0.3, 0.4) is 0 Å². The maximum absolute atomic E-state index is 12.8. The van der Waals surface area contributed by atoms with Crippen LogP contribution in [-0.4, -0.2) is 33.1 Å². The maximum Gasteiger partial charge on any atom is 0.231 e. The van der Waals surface area contributed by atoms with E-state index >= 15 is 0 Å². The molecule has 0 aliphatic heterocycles. The summed E-state index contributed by atoms with van der Waals surface area (Å²) in [7, 11) is 0. The fraction of sp³-hybridized carbons (Fsp3) is 0.529. The molecule has 23 heavy (non-hydrogen) atoms. The molecular weight excluding hydrogens is 290 g/mol. The Morgan fingerprint density at radius 2 is 2.00 bits per heavy atom. The number of amides is 1. The Labute approximate surface area is 136 Å². The van der Waals surface area contributed by atoms with Gasteiger partial charge in [-0.05, 0) is 30.7 Å². The number of tetrazole rings is 1. The monoisotopic (exact) mass is 313 g/mol. The molecule has 2 N–H and O–H groups in total. The van der Waals surface area contributed by atoms with Gasteiger partial charge in [-0.25, -0.2) is 0 Å². The van der Waals surface area contributed by atoms with Crippen molar-refractivity contribution < 1.29 is 4.79 Å². The summed E-state index contributed by atoms with van der Waals surface area (Å²) in [6, 6.07) is 8.33. The Morgan fingerprint density at radius 3 is 2.57 bits per heavy atom. The molecule has 1 heterocycles. The van der Waals surface area contributed by atoms with E-state index in [1.807, 2.05) is 0 Å². The van der Waals surface area contributed by atoms with Gasteiger partial charge in [0.15, 0.2) is 5.82 Å². The van der Waals surface area contributed by atoms with Crippen LogP contribution in [0.25, 0.3) is 0 Å². The average Bonchev–Trinajstić information content (AvgIpc) is 2.88. The quantitative estimate of drug-likeness (QED) is 0.798. The Morgan fingerprint density at radius 1 is 1.30 bits per heavy atom. The molecule has 1 aromatic heterocycles. The van der Waals surface area contributed by atoms with Crippen molar-refractivity contribution in [3.05, 3.63) is 41.2 Å². The molecule has 2 aromatic rings. The number of H-pyrrole nitrogens is 1. The number of nitrogens with one attached hydrogen (secondary N) is 2. The molecule has 1 aromatic carbocycles. The molecule has 1 fully saturated rings. The van der Waals surface area contributed by atoms with E-state index in [2.05, 4.69) is 71.0 Å². The molecule has 6 heteroatoms. The first-order valence-electron chi connectivity index (χ1n) is 8.03. The molecule has 6 nitrogen and oxygen atoms in total. The summed E-state index contributed by atoms with van der Waals surface area (Å²) in [5, 5.41) is 16.9.